The zero-order valence-electron chi connectivity index (χ0n) is 18.2. The lowest BCUT2D eigenvalue weighted by Crippen LogP contribution is -2.62. The molecule has 1 aromatic rings. The van der Waals surface area contributed by atoms with E-state index in [2.05, 4.69) is 55.7 Å². The van der Waals surface area contributed by atoms with Gasteiger partial charge < -0.3 is 9.80 Å². The van der Waals surface area contributed by atoms with Crippen LogP contribution in [0.3, 0.4) is 0 Å². The minimum atomic E-state index is -0.0513. The van der Waals surface area contributed by atoms with E-state index in [-0.39, 0.29) is 5.41 Å². The number of hydrogen-bond donors (Lipinski definition) is 0. The van der Waals surface area contributed by atoms with Gasteiger partial charge in [-0.3, -0.25) is 4.79 Å². The highest BCUT2D eigenvalue weighted by Gasteiger charge is 2.63. The van der Waals surface area contributed by atoms with Crippen LogP contribution in [-0.4, -0.2) is 37.0 Å². The highest BCUT2D eigenvalue weighted by molar-refractivity contribution is 5.84. The number of nitrogens with zero attached hydrogens (tertiary/aromatic N) is 2. The molecule has 2 unspecified atom stereocenters. The van der Waals surface area contributed by atoms with Gasteiger partial charge in [0.1, 0.15) is 0 Å². The second-order valence-electron chi connectivity index (χ2n) is 11.4. The van der Waals surface area contributed by atoms with E-state index in [1.165, 1.54) is 36.1 Å². The largest absolute Gasteiger partial charge is 0.368 e. The van der Waals surface area contributed by atoms with E-state index in [1.807, 2.05) is 0 Å². The molecule has 152 valence electrons. The fourth-order valence-corrected chi connectivity index (χ4v) is 8.25. The van der Waals surface area contributed by atoms with Crippen molar-refractivity contribution in [3.8, 4) is 0 Å². The van der Waals surface area contributed by atoms with Crippen LogP contribution in [0.2, 0.25) is 0 Å². The van der Waals surface area contributed by atoms with Gasteiger partial charge in [0.2, 0.25) is 5.91 Å². The Morgan fingerprint density at radius 2 is 1.57 bits per heavy atom. The molecule has 3 nitrogen and oxygen atoms in total. The van der Waals surface area contributed by atoms with Crippen molar-refractivity contribution >= 4 is 11.6 Å². The van der Waals surface area contributed by atoms with Gasteiger partial charge in [-0.25, -0.2) is 0 Å². The van der Waals surface area contributed by atoms with Gasteiger partial charge >= 0.3 is 0 Å². The lowest BCUT2D eigenvalue weighted by atomic mass is 9.40. The maximum absolute atomic E-state index is 13.8. The number of aryl methyl sites for hydroxylation is 1. The predicted octanol–water partition coefficient (Wildman–Crippen LogP) is 4.95. The number of carbonyl (C=O) groups excluding carboxylic acids is 1. The third-order valence-electron chi connectivity index (χ3n) is 8.56. The molecule has 4 bridgehead atoms. The molecule has 5 fully saturated rings. The molecule has 1 heterocycles. The molecule has 5 aliphatic rings. The number of rotatable bonds is 2. The van der Waals surface area contributed by atoms with Crippen LogP contribution >= 0.6 is 0 Å². The number of amides is 1. The second kappa shape index (κ2) is 6.00. The van der Waals surface area contributed by atoms with Crippen LogP contribution in [0.15, 0.2) is 18.2 Å². The highest BCUT2D eigenvalue weighted by Crippen LogP contribution is 2.69. The first-order valence-corrected chi connectivity index (χ1v) is 11.3. The molecule has 4 aliphatic carbocycles. The second-order valence-corrected chi connectivity index (χ2v) is 11.4. The maximum Gasteiger partial charge on any atom is 0.228 e. The molecular weight excluding hydrogens is 344 g/mol. The van der Waals surface area contributed by atoms with Crippen LogP contribution < -0.4 is 4.90 Å². The number of anilines is 1. The number of benzene rings is 1. The number of piperazine rings is 1. The Hall–Kier alpha value is -1.51. The molecule has 0 spiro atoms. The van der Waals surface area contributed by atoms with Gasteiger partial charge in [-0.05, 0) is 86.3 Å². The van der Waals surface area contributed by atoms with Crippen LogP contribution in [0.25, 0.3) is 0 Å². The van der Waals surface area contributed by atoms with Crippen molar-refractivity contribution in [3.05, 3.63) is 29.3 Å². The summed E-state index contributed by atoms with van der Waals surface area (Å²) >= 11 is 0. The van der Waals surface area contributed by atoms with E-state index in [9.17, 15) is 4.79 Å². The summed E-state index contributed by atoms with van der Waals surface area (Å²) in [6, 6.07) is 6.58. The lowest BCUT2D eigenvalue weighted by Gasteiger charge is -2.65. The molecule has 0 radical (unpaired) electrons. The maximum atomic E-state index is 13.8. The normalized spacial score (nSPS) is 39.5. The van der Waals surface area contributed by atoms with E-state index in [4.69, 9.17) is 0 Å². The monoisotopic (exact) mass is 380 g/mol. The smallest absolute Gasteiger partial charge is 0.228 e. The molecule has 6 rings (SSSR count). The predicted molar refractivity (Wildman–Crippen MR) is 115 cm³/mol. The third-order valence-corrected chi connectivity index (χ3v) is 8.56. The summed E-state index contributed by atoms with van der Waals surface area (Å²) in [4.78, 5) is 18.5. The van der Waals surface area contributed by atoms with E-state index < -0.39 is 0 Å². The molecule has 4 saturated carbocycles. The Kier molecular flexibility index (Phi) is 3.97. The van der Waals surface area contributed by atoms with Crippen molar-refractivity contribution in [1.29, 1.82) is 0 Å². The van der Waals surface area contributed by atoms with Crippen LogP contribution in [0.5, 0.6) is 0 Å². The van der Waals surface area contributed by atoms with E-state index in [0.717, 1.165) is 51.4 Å². The first kappa shape index (κ1) is 18.5. The van der Waals surface area contributed by atoms with Crippen LogP contribution in [0, 0.1) is 36.0 Å². The Balaban J connectivity index is 1.32. The van der Waals surface area contributed by atoms with E-state index >= 15 is 0 Å². The van der Waals surface area contributed by atoms with Gasteiger partial charge in [-0.1, -0.05) is 26.0 Å². The first-order chi connectivity index (χ1) is 13.2. The Bertz CT molecular complexity index is 789. The van der Waals surface area contributed by atoms with E-state index in [0.29, 0.717) is 16.7 Å². The quantitative estimate of drug-likeness (QED) is 0.725. The summed E-state index contributed by atoms with van der Waals surface area (Å²) in [6.45, 7) is 13.0. The third kappa shape index (κ3) is 2.80. The Morgan fingerprint density at radius 3 is 2.18 bits per heavy atom. The Labute approximate surface area is 170 Å². The van der Waals surface area contributed by atoms with Crippen molar-refractivity contribution in [2.45, 2.75) is 66.2 Å². The SMILES string of the molecule is Cc1cccc(N2CCN(C(=O)C34CC5CC(C)(CC(C)(C5)C3)C4)CC2)c1C. The molecule has 2 atom stereocenters. The average molecular weight is 381 g/mol. The zero-order chi connectivity index (χ0) is 19.7. The highest BCUT2D eigenvalue weighted by atomic mass is 16.2. The Morgan fingerprint density at radius 1 is 0.929 bits per heavy atom. The van der Waals surface area contributed by atoms with E-state index in [1.54, 1.807) is 0 Å². The number of carbonyl (C=O) groups is 1. The summed E-state index contributed by atoms with van der Waals surface area (Å²) in [7, 11) is 0. The molecule has 1 aliphatic heterocycles. The van der Waals surface area contributed by atoms with Crippen molar-refractivity contribution in [1.82, 2.24) is 4.90 Å². The van der Waals surface area contributed by atoms with Crippen molar-refractivity contribution in [3.63, 3.8) is 0 Å². The molecule has 28 heavy (non-hydrogen) atoms. The molecule has 1 amide bonds. The molecule has 0 aromatic heterocycles. The molecule has 1 saturated heterocycles. The van der Waals surface area contributed by atoms with Gasteiger partial charge in [-0.2, -0.15) is 0 Å². The summed E-state index contributed by atoms with van der Waals surface area (Å²) < 4.78 is 0. The molecule has 3 heteroatoms. The van der Waals surface area contributed by atoms with Crippen LogP contribution in [0.1, 0.15) is 63.5 Å². The van der Waals surface area contributed by atoms with Crippen LogP contribution in [0.4, 0.5) is 5.69 Å². The molecule has 0 N–H and O–H groups in total. The molecular formula is C25H36N2O. The standard InChI is InChI=1S/C25H36N2O/c1-18-6-5-7-21(19(18)2)26-8-10-27(11-9-26)22(28)25-14-20-12-23(3,16-25)15-24(4,13-20)17-25/h5-7,20H,8-17H2,1-4H3. The van der Waals surface area contributed by atoms with Gasteiger partial charge in [0, 0.05) is 31.9 Å². The zero-order valence-corrected chi connectivity index (χ0v) is 18.2. The summed E-state index contributed by atoms with van der Waals surface area (Å²) in [5.41, 5.74) is 4.84. The van der Waals surface area contributed by atoms with Gasteiger partial charge in [0.05, 0.1) is 5.41 Å². The minimum absolute atomic E-state index is 0.0513. The number of hydrogen-bond acceptors (Lipinski definition) is 2. The summed E-state index contributed by atoms with van der Waals surface area (Å²) in [5, 5.41) is 0. The van der Waals surface area contributed by atoms with Crippen LogP contribution in [-0.2, 0) is 4.79 Å². The lowest BCUT2D eigenvalue weighted by molar-refractivity contribution is -0.179. The van der Waals surface area contributed by atoms with Gasteiger partial charge in [-0.15, -0.1) is 0 Å². The van der Waals surface area contributed by atoms with Gasteiger partial charge in [0.15, 0.2) is 0 Å². The summed E-state index contributed by atoms with van der Waals surface area (Å²) in [5.74, 6) is 1.28. The molecule has 1 aromatic carbocycles. The van der Waals surface area contributed by atoms with Crippen molar-refractivity contribution in [2.75, 3.05) is 31.1 Å². The fraction of sp³-hybridized carbons (Fsp3) is 0.720. The fourth-order valence-electron chi connectivity index (χ4n) is 8.25. The van der Waals surface area contributed by atoms with Gasteiger partial charge in [0.25, 0.3) is 0 Å². The van der Waals surface area contributed by atoms with Crippen molar-refractivity contribution < 1.29 is 4.79 Å². The summed E-state index contributed by atoms with van der Waals surface area (Å²) in [6.07, 6.45) is 7.50. The average Bonchev–Trinajstić information content (AvgIpc) is 2.60. The first-order valence-electron chi connectivity index (χ1n) is 11.3. The van der Waals surface area contributed by atoms with Crippen molar-refractivity contribution in [2.24, 2.45) is 22.2 Å². The minimum Gasteiger partial charge on any atom is -0.368 e. The topological polar surface area (TPSA) is 23.6 Å².